The summed E-state index contributed by atoms with van der Waals surface area (Å²) in [5.41, 5.74) is 1.76. The fraction of sp³-hybridized carbons (Fsp3) is 0.562. The van der Waals surface area contributed by atoms with Gasteiger partial charge < -0.3 is 10.0 Å². The first-order valence-corrected chi connectivity index (χ1v) is 7.97. The number of carbonyl (C=O) groups is 1. The van der Waals surface area contributed by atoms with Crippen LogP contribution in [0.25, 0.3) is 0 Å². The van der Waals surface area contributed by atoms with Crippen LogP contribution in [-0.4, -0.2) is 36.1 Å². The second kappa shape index (κ2) is 6.72. The molecule has 0 aliphatic heterocycles. The Morgan fingerprint density at radius 3 is 2.50 bits per heavy atom. The van der Waals surface area contributed by atoms with E-state index in [4.69, 9.17) is 5.11 Å². The Kier molecular flexibility index (Phi) is 5.22. The van der Waals surface area contributed by atoms with Crippen LogP contribution in [0.15, 0.2) is 28.7 Å². The van der Waals surface area contributed by atoms with E-state index in [1.54, 1.807) is 0 Å². The number of halogens is 1. The fourth-order valence-corrected chi connectivity index (χ4v) is 3.01. The SMILES string of the molecule is CN(CCCCC(=O)O)CC1(c2ccc(Br)cc2)CC1. The molecule has 0 atom stereocenters. The van der Waals surface area contributed by atoms with Gasteiger partial charge in [-0.1, -0.05) is 28.1 Å². The second-order valence-electron chi connectivity index (χ2n) is 5.88. The monoisotopic (exact) mass is 339 g/mol. The molecule has 1 aromatic rings. The third-order valence-corrected chi connectivity index (χ3v) is 4.59. The van der Waals surface area contributed by atoms with Crippen molar-refractivity contribution < 1.29 is 9.90 Å². The molecule has 1 aromatic carbocycles. The molecule has 1 N–H and O–H groups in total. The van der Waals surface area contributed by atoms with Gasteiger partial charge in [-0.3, -0.25) is 4.79 Å². The van der Waals surface area contributed by atoms with E-state index in [2.05, 4.69) is 52.1 Å². The molecule has 0 aromatic heterocycles. The third kappa shape index (κ3) is 4.32. The van der Waals surface area contributed by atoms with Crippen molar-refractivity contribution in [2.24, 2.45) is 0 Å². The van der Waals surface area contributed by atoms with Crippen LogP contribution in [0.1, 0.15) is 37.7 Å². The van der Waals surface area contributed by atoms with Crippen molar-refractivity contribution in [2.75, 3.05) is 20.1 Å². The topological polar surface area (TPSA) is 40.5 Å². The molecule has 1 fully saturated rings. The van der Waals surface area contributed by atoms with Crippen molar-refractivity contribution >= 4 is 21.9 Å². The quantitative estimate of drug-likeness (QED) is 0.734. The molecule has 110 valence electrons. The van der Waals surface area contributed by atoms with Gasteiger partial charge in [-0.25, -0.2) is 0 Å². The lowest BCUT2D eigenvalue weighted by atomic mass is 9.95. The van der Waals surface area contributed by atoms with Gasteiger partial charge in [0.1, 0.15) is 0 Å². The van der Waals surface area contributed by atoms with Gasteiger partial charge in [0, 0.05) is 22.9 Å². The smallest absolute Gasteiger partial charge is 0.303 e. The average Bonchev–Trinajstić information content (AvgIpc) is 3.16. The molecule has 4 heteroatoms. The molecular formula is C16H22BrNO2. The van der Waals surface area contributed by atoms with Crippen LogP contribution in [0.5, 0.6) is 0 Å². The first-order valence-electron chi connectivity index (χ1n) is 7.18. The van der Waals surface area contributed by atoms with E-state index < -0.39 is 5.97 Å². The molecule has 20 heavy (non-hydrogen) atoms. The summed E-state index contributed by atoms with van der Waals surface area (Å²) in [4.78, 5) is 12.8. The summed E-state index contributed by atoms with van der Waals surface area (Å²) >= 11 is 3.48. The predicted molar refractivity (Wildman–Crippen MR) is 84.0 cm³/mol. The fourth-order valence-electron chi connectivity index (χ4n) is 2.75. The summed E-state index contributed by atoms with van der Waals surface area (Å²) in [7, 11) is 2.14. The summed E-state index contributed by atoms with van der Waals surface area (Å²) in [5, 5.41) is 8.63. The van der Waals surface area contributed by atoms with Crippen LogP contribution in [0.3, 0.4) is 0 Å². The Balaban J connectivity index is 1.80. The number of aliphatic carboxylic acids is 1. The number of likely N-dealkylation sites (N-methyl/N-ethyl adjacent to an activating group) is 1. The van der Waals surface area contributed by atoms with Crippen molar-refractivity contribution in [1.29, 1.82) is 0 Å². The van der Waals surface area contributed by atoms with Gasteiger partial charge in [0.25, 0.3) is 0 Å². The molecule has 1 aliphatic rings. The van der Waals surface area contributed by atoms with Gasteiger partial charge in [-0.05, 0) is 57.0 Å². The van der Waals surface area contributed by atoms with E-state index in [0.29, 0.717) is 5.41 Å². The highest BCUT2D eigenvalue weighted by atomic mass is 79.9. The number of benzene rings is 1. The molecule has 2 rings (SSSR count). The summed E-state index contributed by atoms with van der Waals surface area (Å²) in [6.07, 6.45) is 4.53. The molecule has 3 nitrogen and oxygen atoms in total. The standard InChI is InChI=1S/C16H22BrNO2/c1-18(11-3-2-4-15(19)20)12-16(9-10-16)13-5-7-14(17)8-6-13/h5-8H,2-4,9-12H2,1H3,(H,19,20). The Morgan fingerprint density at radius 1 is 1.30 bits per heavy atom. The van der Waals surface area contributed by atoms with Gasteiger partial charge in [0.15, 0.2) is 0 Å². The average molecular weight is 340 g/mol. The highest BCUT2D eigenvalue weighted by Crippen LogP contribution is 2.48. The van der Waals surface area contributed by atoms with E-state index in [1.807, 2.05) is 0 Å². The lowest BCUT2D eigenvalue weighted by molar-refractivity contribution is -0.137. The van der Waals surface area contributed by atoms with Gasteiger partial charge in [0.2, 0.25) is 0 Å². The molecule has 0 heterocycles. The Labute approximate surface area is 129 Å². The highest BCUT2D eigenvalue weighted by Gasteiger charge is 2.44. The van der Waals surface area contributed by atoms with Crippen LogP contribution >= 0.6 is 15.9 Å². The summed E-state index contributed by atoms with van der Waals surface area (Å²) < 4.78 is 1.12. The minimum absolute atomic E-state index is 0.283. The van der Waals surface area contributed by atoms with Crippen LogP contribution in [-0.2, 0) is 10.2 Å². The number of carboxylic acid groups (broad SMARTS) is 1. The van der Waals surface area contributed by atoms with Gasteiger partial charge >= 0.3 is 5.97 Å². The zero-order valence-electron chi connectivity index (χ0n) is 11.9. The van der Waals surface area contributed by atoms with Crippen LogP contribution in [0.2, 0.25) is 0 Å². The maximum Gasteiger partial charge on any atom is 0.303 e. The van der Waals surface area contributed by atoms with E-state index in [-0.39, 0.29) is 6.42 Å². The molecule has 0 radical (unpaired) electrons. The van der Waals surface area contributed by atoms with Crippen molar-refractivity contribution in [2.45, 2.75) is 37.5 Å². The number of carboxylic acids is 1. The predicted octanol–water partition coefficient (Wildman–Crippen LogP) is 3.67. The first kappa shape index (κ1) is 15.5. The van der Waals surface area contributed by atoms with E-state index in [1.165, 1.54) is 18.4 Å². The van der Waals surface area contributed by atoms with E-state index in [9.17, 15) is 4.79 Å². The number of nitrogens with zero attached hydrogens (tertiary/aromatic N) is 1. The zero-order valence-corrected chi connectivity index (χ0v) is 13.5. The van der Waals surface area contributed by atoms with Crippen molar-refractivity contribution in [3.8, 4) is 0 Å². The summed E-state index contributed by atoms with van der Waals surface area (Å²) in [5.74, 6) is -0.693. The Bertz CT molecular complexity index is 454. The van der Waals surface area contributed by atoms with Crippen LogP contribution < -0.4 is 0 Å². The van der Waals surface area contributed by atoms with Gasteiger partial charge in [0.05, 0.1) is 0 Å². The maximum atomic E-state index is 10.5. The highest BCUT2D eigenvalue weighted by molar-refractivity contribution is 9.10. The number of hydrogen-bond acceptors (Lipinski definition) is 2. The van der Waals surface area contributed by atoms with Crippen LogP contribution in [0, 0.1) is 0 Å². The van der Waals surface area contributed by atoms with E-state index in [0.717, 1.165) is 30.4 Å². The molecule has 0 unspecified atom stereocenters. The lowest BCUT2D eigenvalue weighted by Gasteiger charge is -2.24. The van der Waals surface area contributed by atoms with Crippen molar-refractivity contribution in [3.05, 3.63) is 34.3 Å². The normalized spacial score (nSPS) is 16.4. The van der Waals surface area contributed by atoms with Crippen LogP contribution in [0.4, 0.5) is 0 Å². The molecule has 0 bridgehead atoms. The molecule has 0 saturated heterocycles. The third-order valence-electron chi connectivity index (χ3n) is 4.06. The van der Waals surface area contributed by atoms with E-state index >= 15 is 0 Å². The number of hydrogen-bond donors (Lipinski definition) is 1. The van der Waals surface area contributed by atoms with Crippen molar-refractivity contribution in [3.63, 3.8) is 0 Å². The minimum Gasteiger partial charge on any atom is -0.481 e. The number of rotatable bonds is 8. The molecular weight excluding hydrogens is 318 g/mol. The first-order chi connectivity index (χ1) is 9.52. The summed E-state index contributed by atoms with van der Waals surface area (Å²) in [6, 6.07) is 8.66. The zero-order chi connectivity index (χ0) is 14.6. The maximum absolute atomic E-state index is 10.5. The molecule has 1 saturated carbocycles. The molecule has 0 spiro atoms. The van der Waals surface area contributed by atoms with Gasteiger partial charge in [-0.2, -0.15) is 0 Å². The van der Waals surface area contributed by atoms with Crippen molar-refractivity contribution in [1.82, 2.24) is 4.90 Å². The Hall–Kier alpha value is -0.870. The molecule has 0 amide bonds. The Morgan fingerprint density at radius 2 is 1.95 bits per heavy atom. The number of unbranched alkanes of at least 4 members (excludes halogenated alkanes) is 1. The molecule has 1 aliphatic carbocycles. The largest absolute Gasteiger partial charge is 0.481 e. The minimum atomic E-state index is -0.693. The second-order valence-corrected chi connectivity index (χ2v) is 6.79. The summed E-state index contributed by atoms with van der Waals surface area (Å²) in [6.45, 7) is 2.05. The lowest BCUT2D eigenvalue weighted by Crippen LogP contribution is -2.30. The van der Waals surface area contributed by atoms with Gasteiger partial charge in [-0.15, -0.1) is 0 Å².